The molecule has 0 spiro atoms. The lowest BCUT2D eigenvalue weighted by molar-refractivity contribution is -0.144. The van der Waals surface area contributed by atoms with Gasteiger partial charge in [-0.1, -0.05) is 32.0 Å². The SMILES string of the molecule is COC(=O)C(NC(=O)c1cc2nc(N3CCCC(N)C3)n(Cc3ccccc3C#N)c(=O)c2s1)C(C)C. The van der Waals surface area contributed by atoms with Crippen LogP contribution in [0.3, 0.4) is 0 Å². The highest BCUT2D eigenvalue weighted by molar-refractivity contribution is 7.20. The van der Waals surface area contributed by atoms with Gasteiger partial charge in [-0.2, -0.15) is 5.26 Å². The number of fused-ring (bicyclic) bond motifs is 1. The van der Waals surface area contributed by atoms with E-state index in [0.29, 0.717) is 40.4 Å². The minimum absolute atomic E-state index is 0.0451. The van der Waals surface area contributed by atoms with Crippen LogP contribution in [0.15, 0.2) is 35.1 Å². The van der Waals surface area contributed by atoms with Crippen LogP contribution in [0.25, 0.3) is 10.2 Å². The molecule has 1 amide bonds. The number of hydrogen-bond donors (Lipinski definition) is 2. The number of aromatic nitrogens is 2. The number of anilines is 1. The second kappa shape index (κ2) is 11.1. The zero-order valence-corrected chi connectivity index (χ0v) is 21.9. The molecule has 37 heavy (non-hydrogen) atoms. The molecule has 0 saturated carbocycles. The van der Waals surface area contributed by atoms with Gasteiger partial charge in [0.05, 0.1) is 35.7 Å². The molecule has 1 aliphatic heterocycles. The second-order valence-electron chi connectivity index (χ2n) is 9.46. The fraction of sp³-hybridized carbons (Fsp3) is 0.423. The summed E-state index contributed by atoms with van der Waals surface area (Å²) in [4.78, 5) is 46.0. The van der Waals surface area contributed by atoms with Gasteiger partial charge in [0.2, 0.25) is 5.95 Å². The van der Waals surface area contributed by atoms with Crippen LogP contribution in [-0.4, -0.2) is 53.7 Å². The van der Waals surface area contributed by atoms with Gasteiger partial charge >= 0.3 is 5.97 Å². The summed E-state index contributed by atoms with van der Waals surface area (Å²) in [6.45, 7) is 5.01. The van der Waals surface area contributed by atoms with E-state index >= 15 is 0 Å². The van der Waals surface area contributed by atoms with Crippen molar-refractivity contribution in [1.29, 1.82) is 5.26 Å². The van der Waals surface area contributed by atoms with Gasteiger partial charge in [-0.3, -0.25) is 14.2 Å². The molecule has 1 aliphatic rings. The number of nitrogens with two attached hydrogens (primary N) is 1. The van der Waals surface area contributed by atoms with E-state index in [9.17, 15) is 19.6 Å². The number of nitrogens with one attached hydrogen (secondary N) is 1. The molecule has 3 aromatic rings. The Labute approximate surface area is 218 Å². The molecule has 0 bridgehead atoms. The van der Waals surface area contributed by atoms with Crippen LogP contribution < -0.4 is 21.5 Å². The third kappa shape index (κ3) is 5.50. The van der Waals surface area contributed by atoms with Crippen LogP contribution >= 0.6 is 11.3 Å². The summed E-state index contributed by atoms with van der Waals surface area (Å²) in [6, 6.07) is 10.0. The minimum atomic E-state index is -0.819. The van der Waals surface area contributed by atoms with Gasteiger partial charge in [0.25, 0.3) is 11.5 Å². The maximum atomic E-state index is 13.8. The quantitative estimate of drug-likeness (QED) is 0.450. The molecule has 10 nitrogen and oxygen atoms in total. The number of methoxy groups -OCH3 is 1. The number of thiophene rings is 1. The number of nitrogens with zero attached hydrogens (tertiary/aromatic N) is 4. The predicted octanol–water partition coefficient (Wildman–Crippen LogP) is 2.23. The molecule has 3 heterocycles. The highest BCUT2D eigenvalue weighted by Crippen LogP contribution is 2.26. The molecule has 1 fully saturated rings. The molecular formula is C26H30N6O4S. The van der Waals surface area contributed by atoms with Crippen LogP contribution in [0.1, 0.15) is 47.5 Å². The van der Waals surface area contributed by atoms with E-state index < -0.39 is 17.9 Å². The van der Waals surface area contributed by atoms with E-state index in [1.54, 1.807) is 22.8 Å². The average molecular weight is 523 g/mol. The molecule has 2 aromatic heterocycles. The summed E-state index contributed by atoms with van der Waals surface area (Å²) < 4.78 is 6.70. The summed E-state index contributed by atoms with van der Waals surface area (Å²) >= 11 is 1.03. The first-order chi connectivity index (χ1) is 17.7. The van der Waals surface area contributed by atoms with E-state index in [4.69, 9.17) is 15.5 Å². The number of hydrogen-bond acceptors (Lipinski definition) is 9. The molecule has 2 atom stereocenters. The first kappa shape index (κ1) is 26.3. The van der Waals surface area contributed by atoms with Gasteiger partial charge in [0, 0.05) is 19.1 Å². The smallest absolute Gasteiger partial charge is 0.328 e. The van der Waals surface area contributed by atoms with Crippen molar-refractivity contribution in [1.82, 2.24) is 14.9 Å². The Bertz CT molecular complexity index is 1420. The summed E-state index contributed by atoms with van der Waals surface area (Å²) in [5, 5.41) is 12.3. The molecule has 1 aromatic carbocycles. The maximum Gasteiger partial charge on any atom is 0.328 e. The van der Waals surface area contributed by atoms with Crippen LogP contribution in [0.4, 0.5) is 5.95 Å². The standard InChI is InChI=1S/C26H30N6O4S/c1-15(2)21(25(35)36-3)30-23(33)20-11-19-22(37-20)24(34)32(13-17-8-5-4-7-16(17)12-27)26(29-19)31-10-6-9-18(28)14-31/h4-5,7-8,11,15,18,21H,6,9-10,13-14,28H2,1-3H3,(H,30,33). The van der Waals surface area contributed by atoms with Crippen molar-refractivity contribution in [2.45, 2.75) is 45.3 Å². The second-order valence-corrected chi connectivity index (χ2v) is 10.5. The zero-order valence-electron chi connectivity index (χ0n) is 21.1. The van der Waals surface area contributed by atoms with Crippen molar-refractivity contribution in [3.63, 3.8) is 0 Å². The molecule has 2 unspecified atom stereocenters. The van der Waals surface area contributed by atoms with Gasteiger partial charge < -0.3 is 20.7 Å². The number of piperidine rings is 1. The number of amides is 1. The Morgan fingerprint density at radius 3 is 2.78 bits per heavy atom. The van der Waals surface area contributed by atoms with Crippen LogP contribution in [0, 0.1) is 17.2 Å². The lowest BCUT2D eigenvalue weighted by Gasteiger charge is -2.33. The third-order valence-corrected chi connectivity index (χ3v) is 7.56. The molecule has 0 radical (unpaired) electrons. The molecule has 194 valence electrons. The predicted molar refractivity (Wildman–Crippen MR) is 142 cm³/mol. The summed E-state index contributed by atoms with van der Waals surface area (Å²) in [5.41, 5.74) is 7.50. The van der Waals surface area contributed by atoms with Crippen molar-refractivity contribution in [3.8, 4) is 6.07 Å². The molecule has 1 saturated heterocycles. The van der Waals surface area contributed by atoms with Crippen molar-refractivity contribution >= 4 is 39.4 Å². The topological polar surface area (TPSA) is 143 Å². The van der Waals surface area contributed by atoms with E-state index in [-0.39, 0.29) is 28.9 Å². The molecule has 11 heteroatoms. The highest BCUT2D eigenvalue weighted by Gasteiger charge is 2.28. The van der Waals surface area contributed by atoms with Gasteiger partial charge in [-0.05, 0) is 36.5 Å². The van der Waals surface area contributed by atoms with Gasteiger partial charge in [0.15, 0.2) is 0 Å². The third-order valence-electron chi connectivity index (χ3n) is 6.45. The van der Waals surface area contributed by atoms with E-state index in [0.717, 1.165) is 24.2 Å². The normalized spacial score (nSPS) is 16.4. The first-order valence-corrected chi connectivity index (χ1v) is 13.0. The van der Waals surface area contributed by atoms with Crippen molar-refractivity contribution in [3.05, 3.63) is 56.7 Å². The van der Waals surface area contributed by atoms with Gasteiger partial charge in [-0.25, -0.2) is 9.78 Å². The monoisotopic (exact) mass is 522 g/mol. The summed E-state index contributed by atoms with van der Waals surface area (Å²) in [5.74, 6) is -0.741. The van der Waals surface area contributed by atoms with Crippen molar-refractivity contribution < 1.29 is 14.3 Å². The van der Waals surface area contributed by atoms with Crippen molar-refractivity contribution in [2.75, 3.05) is 25.1 Å². The van der Waals surface area contributed by atoms with Crippen LogP contribution in [0.5, 0.6) is 0 Å². The summed E-state index contributed by atoms with van der Waals surface area (Å²) in [6.07, 6.45) is 1.76. The van der Waals surface area contributed by atoms with Crippen molar-refractivity contribution in [2.24, 2.45) is 11.7 Å². The first-order valence-electron chi connectivity index (χ1n) is 12.1. The Kier molecular flexibility index (Phi) is 7.90. The molecule has 4 rings (SSSR count). The Hall–Kier alpha value is -3.75. The largest absolute Gasteiger partial charge is 0.467 e. The lowest BCUT2D eigenvalue weighted by atomic mass is 10.0. The fourth-order valence-corrected chi connectivity index (χ4v) is 5.41. The fourth-order valence-electron chi connectivity index (χ4n) is 4.46. The van der Waals surface area contributed by atoms with E-state index in [1.165, 1.54) is 7.11 Å². The van der Waals surface area contributed by atoms with Crippen LogP contribution in [-0.2, 0) is 16.1 Å². The maximum absolute atomic E-state index is 13.8. The zero-order chi connectivity index (χ0) is 26.7. The number of carbonyl (C=O) groups is 2. The lowest BCUT2D eigenvalue weighted by Crippen LogP contribution is -2.45. The number of ether oxygens (including phenoxy) is 1. The van der Waals surface area contributed by atoms with Gasteiger partial charge in [-0.15, -0.1) is 11.3 Å². The number of carbonyl (C=O) groups excluding carboxylic acids is 2. The minimum Gasteiger partial charge on any atom is -0.467 e. The van der Waals surface area contributed by atoms with Crippen LogP contribution in [0.2, 0.25) is 0 Å². The Morgan fingerprint density at radius 2 is 2.11 bits per heavy atom. The van der Waals surface area contributed by atoms with E-state index in [2.05, 4.69) is 11.4 Å². The number of rotatable bonds is 7. The van der Waals surface area contributed by atoms with Gasteiger partial charge in [0.1, 0.15) is 10.7 Å². The number of esters is 1. The summed E-state index contributed by atoms with van der Waals surface area (Å²) in [7, 11) is 1.27. The molecule has 0 aliphatic carbocycles. The average Bonchev–Trinajstić information content (AvgIpc) is 3.33. The number of benzene rings is 1. The Morgan fingerprint density at radius 1 is 1.35 bits per heavy atom. The van der Waals surface area contributed by atoms with E-state index in [1.807, 2.05) is 30.9 Å². The number of nitriles is 1. The Balaban J connectivity index is 1.79. The highest BCUT2D eigenvalue weighted by atomic mass is 32.1. The molecule has 3 N–H and O–H groups in total. The molecular weight excluding hydrogens is 492 g/mol.